The van der Waals surface area contributed by atoms with E-state index in [1.54, 1.807) is 0 Å². The molecule has 0 radical (unpaired) electrons. The molecule has 0 saturated carbocycles. The third kappa shape index (κ3) is 6.25. The molecule has 0 N–H and O–H groups in total. The van der Waals surface area contributed by atoms with Crippen molar-refractivity contribution in [2.75, 3.05) is 33.9 Å². The molecule has 1 unspecified atom stereocenters. The van der Waals surface area contributed by atoms with Crippen molar-refractivity contribution in [3.8, 4) is 5.75 Å². The van der Waals surface area contributed by atoms with Crippen molar-refractivity contribution in [2.24, 2.45) is 5.92 Å². The molecule has 0 spiro atoms. The SMILES string of the molecule is COC(=O)C(C)CN(C)CCCOc1ccccc1. The molecule has 0 amide bonds. The van der Waals surface area contributed by atoms with Crippen molar-refractivity contribution in [3.63, 3.8) is 0 Å². The van der Waals surface area contributed by atoms with Crippen LogP contribution in [-0.4, -0.2) is 44.7 Å². The first-order valence-corrected chi connectivity index (χ1v) is 6.57. The summed E-state index contributed by atoms with van der Waals surface area (Å²) in [5.41, 5.74) is 0. The Morgan fingerprint density at radius 3 is 2.63 bits per heavy atom. The normalized spacial score (nSPS) is 12.2. The van der Waals surface area contributed by atoms with Crippen molar-refractivity contribution in [1.29, 1.82) is 0 Å². The van der Waals surface area contributed by atoms with Gasteiger partial charge >= 0.3 is 5.97 Å². The molecular formula is C15H23NO3. The molecule has 1 aromatic carbocycles. The van der Waals surface area contributed by atoms with Gasteiger partial charge in [0, 0.05) is 13.1 Å². The van der Waals surface area contributed by atoms with Crippen LogP contribution < -0.4 is 4.74 Å². The Balaban J connectivity index is 2.13. The van der Waals surface area contributed by atoms with Gasteiger partial charge in [-0.3, -0.25) is 4.79 Å². The lowest BCUT2D eigenvalue weighted by Crippen LogP contribution is -2.30. The second-order valence-electron chi connectivity index (χ2n) is 4.70. The molecule has 1 atom stereocenters. The molecule has 0 aliphatic heterocycles. The van der Waals surface area contributed by atoms with Crippen LogP contribution in [0.1, 0.15) is 13.3 Å². The van der Waals surface area contributed by atoms with Crippen molar-refractivity contribution in [2.45, 2.75) is 13.3 Å². The van der Waals surface area contributed by atoms with Crippen LogP contribution in [0.2, 0.25) is 0 Å². The van der Waals surface area contributed by atoms with Gasteiger partial charge < -0.3 is 14.4 Å². The standard InChI is InChI=1S/C15H23NO3/c1-13(15(17)18-3)12-16(2)10-7-11-19-14-8-5-4-6-9-14/h4-6,8-9,13H,7,10-12H2,1-3H3. The molecule has 4 nitrogen and oxygen atoms in total. The van der Waals surface area contributed by atoms with Gasteiger partial charge in [0.15, 0.2) is 0 Å². The first kappa shape index (κ1) is 15.5. The Hall–Kier alpha value is -1.55. The zero-order valence-corrected chi connectivity index (χ0v) is 12.0. The van der Waals surface area contributed by atoms with Crippen LogP contribution in [0, 0.1) is 5.92 Å². The highest BCUT2D eigenvalue weighted by Crippen LogP contribution is 2.08. The molecule has 0 bridgehead atoms. The smallest absolute Gasteiger partial charge is 0.309 e. The molecule has 0 aliphatic carbocycles. The maximum absolute atomic E-state index is 11.3. The minimum Gasteiger partial charge on any atom is -0.494 e. The lowest BCUT2D eigenvalue weighted by molar-refractivity contribution is -0.145. The highest BCUT2D eigenvalue weighted by molar-refractivity contribution is 5.71. The summed E-state index contributed by atoms with van der Waals surface area (Å²) in [6, 6.07) is 9.78. The van der Waals surface area contributed by atoms with E-state index in [1.165, 1.54) is 7.11 Å². The summed E-state index contributed by atoms with van der Waals surface area (Å²) < 4.78 is 10.3. The Labute approximate surface area is 115 Å². The number of methoxy groups -OCH3 is 1. The topological polar surface area (TPSA) is 38.8 Å². The number of nitrogens with zero attached hydrogens (tertiary/aromatic N) is 1. The van der Waals surface area contributed by atoms with E-state index in [2.05, 4.69) is 4.90 Å². The lowest BCUT2D eigenvalue weighted by atomic mass is 10.2. The number of benzene rings is 1. The van der Waals surface area contributed by atoms with E-state index in [4.69, 9.17) is 9.47 Å². The summed E-state index contributed by atoms with van der Waals surface area (Å²) in [5, 5.41) is 0. The van der Waals surface area contributed by atoms with Gasteiger partial charge in [-0.25, -0.2) is 0 Å². The highest BCUT2D eigenvalue weighted by atomic mass is 16.5. The summed E-state index contributed by atoms with van der Waals surface area (Å²) in [7, 11) is 3.43. The fourth-order valence-electron chi connectivity index (χ4n) is 1.88. The number of ether oxygens (including phenoxy) is 2. The summed E-state index contributed by atoms with van der Waals surface area (Å²) in [6.07, 6.45) is 0.930. The van der Waals surface area contributed by atoms with Gasteiger partial charge in [0.05, 0.1) is 19.6 Å². The minimum atomic E-state index is -0.160. The number of hydrogen-bond acceptors (Lipinski definition) is 4. The summed E-state index contributed by atoms with van der Waals surface area (Å²) in [4.78, 5) is 13.4. The first-order chi connectivity index (χ1) is 9.13. The average molecular weight is 265 g/mol. The zero-order chi connectivity index (χ0) is 14.1. The van der Waals surface area contributed by atoms with Gasteiger partial charge in [0.1, 0.15) is 5.75 Å². The van der Waals surface area contributed by atoms with Crippen molar-refractivity contribution < 1.29 is 14.3 Å². The van der Waals surface area contributed by atoms with Crippen molar-refractivity contribution >= 4 is 5.97 Å². The maximum Gasteiger partial charge on any atom is 0.309 e. The van der Waals surface area contributed by atoms with Crippen LogP contribution in [0.4, 0.5) is 0 Å². The molecule has 0 fully saturated rings. The van der Waals surface area contributed by atoms with E-state index < -0.39 is 0 Å². The van der Waals surface area contributed by atoms with Crippen LogP contribution in [0.5, 0.6) is 5.75 Å². The van der Waals surface area contributed by atoms with E-state index in [9.17, 15) is 4.79 Å². The predicted molar refractivity (Wildman–Crippen MR) is 75.2 cm³/mol. The van der Waals surface area contributed by atoms with E-state index in [1.807, 2.05) is 44.3 Å². The van der Waals surface area contributed by atoms with Gasteiger partial charge in [0.25, 0.3) is 0 Å². The monoisotopic (exact) mass is 265 g/mol. The van der Waals surface area contributed by atoms with E-state index >= 15 is 0 Å². The molecule has 19 heavy (non-hydrogen) atoms. The quantitative estimate of drug-likeness (QED) is 0.533. The van der Waals surface area contributed by atoms with Gasteiger partial charge in [-0.15, -0.1) is 0 Å². The number of hydrogen-bond donors (Lipinski definition) is 0. The van der Waals surface area contributed by atoms with E-state index in [0.29, 0.717) is 13.2 Å². The Morgan fingerprint density at radius 1 is 1.32 bits per heavy atom. The second-order valence-corrected chi connectivity index (χ2v) is 4.70. The van der Waals surface area contributed by atoms with Crippen molar-refractivity contribution in [1.82, 2.24) is 4.90 Å². The van der Waals surface area contributed by atoms with Gasteiger partial charge in [-0.2, -0.15) is 0 Å². The highest BCUT2D eigenvalue weighted by Gasteiger charge is 2.14. The lowest BCUT2D eigenvalue weighted by Gasteiger charge is -2.19. The average Bonchev–Trinajstić information content (AvgIpc) is 2.43. The molecule has 0 saturated heterocycles. The van der Waals surface area contributed by atoms with Gasteiger partial charge in [-0.05, 0) is 25.6 Å². The van der Waals surface area contributed by atoms with E-state index in [0.717, 1.165) is 18.7 Å². The number of carbonyl (C=O) groups excluding carboxylic acids is 1. The van der Waals surface area contributed by atoms with Crippen LogP contribution in [0.15, 0.2) is 30.3 Å². The Morgan fingerprint density at radius 2 is 2.00 bits per heavy atom. The summed E-state index contributed by atoms with van der Waals surface area (Å²) in [6.45, 7) is 4.16. The van der Waals surface area contributed by atoms with Gasteiger partial charge in [-0.1, -0.05) is 25.1 Å². The predicted octanol–water partition coefficient (Wildman–Crippen LogP) is 2.20. The van der Waals surface area contributed by atoms with Crippen LogP contribution >= 0.6 is 0 Å². The summed E-state index contributed by atoms with van der Waals surface area (Å²) in [5.74, 6) is 0.644. The van der Waals surface area contributed by atoms with Crippen molar-refractivity contribution in [3.05, 3.63) is 30.3 Å². The van der Waals surface area contributed by atoms with Crippen LogP contribution in [0.3, 0.4) is 0 Å². The second kappa shape index (κ2) is 8.53. The minimum absolute atomic E-state index is 0.0926. The summed E-state index contributed by atoms with van der Waals surface area (Å²) >= 11 is 0. The fourth-order valence-corrected chi connectivity index (χ4v) is 1.88. The molecule has 106 valence electrons. The fraction of sp³-hybridized carbons (Fsp3) is 0.533. The molecule has 0 aliphatic rings. The molecule has 1 rings (SSSR count). The number of rotatable bonds is 8. The molecule has 1 aromatic rings. The number of esters is 1. The largest absolute Gasteiger partial charge is 0.494 e. The zero-order valence-electron chi connectivity index (χ0n) is 12.0. The Bertz CT molecular complexity index is 367. The van der Waals surface area contributed by atoms with E-state index in [-0.39, 0.29) is 11.9 Å². The van der Waals surface area contributed by atoms with Crippen LogP contribution in [0.25, 0.3) is 0 Å². The van der Waals surface area contributed by atoms with Crippen LogP contribution in [-0.2, 0) is 9.53 Å². The molecule has 4 heteroatoms. The Kier molecular flexibility index (Phi) is 6.97. The number of para-hydroxylation sites is 1. The molecule has 0 heterocycles. The molecular weight excluding hydrogens is 242 g/mol. The molecule has 0 aromatic heterocycles. The third-order valence-electron chi connectivity index (χ3n) is 2.89. The third-order valence-corrected chi connectivity index (χ3v) is 2.89. The number of carbonyl (C=O) groups is 1. The maximum atomic E-state index is 11.3. The first-order valence-electron chi connectivity index (χ1n) is 6.57. The van der Waals surface area contributed by atoms with Gasteiger partial charge in [0.2, 0.25) is 0 Å².